The number of nitrogens with zero attached hydrogens (tertiary/aromatic N) is 2. The maximum absolute atomic E-state index is 13.6. The lowest BCUT2D eigenvalue weighted by Gasteiger charge is -2.21. The highest BCUT2D eigenvalue weighted by Crippen LogP contribution is 2.28. The summed E-state index contributed by atoms with van der Waals surface area (Å²) >= 11 is 0.934. The second-order valence-electron chi connectivity index (χ2n) is 5.47. The van der Waals surface area contributed by atoms with E-state index in [9.17, 15) is 22.4 Å². The molecule has 6 nitrogen and oxygen atoms in total. The SMILES string of the molecule is O=C1CSC(=O)N1C1CCN(S(=O)(=O)Cc2ccccc2F)C1. The molecular formula is C14H15FN2O4S2. The normalized spacial score (nSPS) is 23.0. The average Bonchev–Trinajstić information content (AvgIpc) is 3.09. The first kappa shape index (κ1) is 16.4. The van der Waals surface area contributed by atoms with E-state index in [1.54, 1.807) is 6.07 Å². The van der Waals surface area contributed by atoms with E-state index in [4.69, 9.17) is 0 Å². The van der Waals surface area contributed by atoms with Gasteiger partial charge in [-0.2, -0.15) is 4.31 Å². The summed E-state index contributed by atoms with van der Waals surface area (Å²) in [5.41, 5.74) is 0.111. The number of benzene rings is 1. The molecule has 2 aliphatic heterocycles. The Kier molecular flexibility index (Phi) is 4.43. The molecule has 0 N–H and O–H groups in total. The first-order valence-corrected chi connectivity index (χ1v) is 9.68. The number of thioether (sulfide) groups is 1. The standard InChI is InChI=1S/C14H15FN2O4S2/c15-12-4-2-1-3-10(12)9-23(20,21)16-6-5-11(7-16)17-13(18)8-22-14(17)19/h1-4,11H,5-9H2. The molecule has 23 heavy (non-hydrogen) atoms. The monoisotopic (exact) mass is 358 g/mol. The predicted octanol–water partition coefficient (Wildman–Crippen LogP) is 1.43. The highest BCUT2D eigenvalue weighted by molar-refractivity contribution is 8.14. The van der Waals surface area contributed by atoms with Gasteiger partial charge in [-0.15, -0.1) is 0 Å². The molecule has 2 fully saturated rings. The smallest absolute Gasteiger partial charge is 0.273 e. The van der Waals surface area contributed by atoms with Crippen LogP contribution in [0.25, 0.3) is 0 Å². The number of imide groups is 1. The number of carbonyl (C=O) groups is 2. The summed E-state index contributed by atoms with van der Waals surface area (Å²) in [6, 6.07) is 5.31. The van der Waals surface area contributed by atoms with Crippen molar-refractivity contribution in [2.45, 2.75) is 18.2 Å². The number of halogens is 1. The topological polar surface area (TPSA) is 74.8 Å². The lowest BCUT2D eigenvalue weighted by molar-refractivity contribution is -0.126. The highest BCUT2D eigenvalue weighted by Gasteiger charge is 2.41. The van der Waals surface area contributed by atoms with Gasteiger partial charge in [-0.05, 0) is 12.5 Å². The summed E-state index contributed by atoms with van der Waals surface area (Å²) in [6.45, 7) is 0.304. The number of rotatable bonds is 4. The third-order valence-corrected chi connectivity index (χ3v) is 6.59. The number of hydrogen-bond acceptors (Lipinski definition) is 5. The van der Waals surface area contributed by atoms with Crippen LogP contribution in [0.5, 0.6) is 0 Å². The van der Waals surface area contributed by atoms with Crippen LogP contribution in [0.1, 0.15) is 12.0 Å². The zero-order chi connectivity index (χ0) is 16.6. The van der Waals surface area contributed by atoms with Gasteiger partial charge in [0, 0.05) is 18.7 Å². The summed E-state index contributed by atoms with van der Waals surface area (Å²) in [5.74, 6) is -1.16. The average molecular weight is 358 g/mol. The maximum Gasteiger partial charge on any atom is 0.289 e. The fraction of sp³-hybridized carbons (Fsp3) is 0.429. The molecule has 0 bridgehead atoms. The number of sulfonamides is 1. The second kappa shape index (κ2) is 6.21. The summed E-state index contributed by atoms with van der Waals surface area (Å²) in [6.07, 6.45) is 0.411. The molecule has 0 radical (unpaired) electrons. The van der Waals surface area contributed by atoms with Crippen molar-refractivity contribution >= 4 is 32.9 Å². The zero-order valence-corrected chi connectivity index (χ0v) is 13.8. The zero-order valence-electron chi connectivity index (χ0n) is 12.1. The Bertz CT molecular complexity index is 737. The van der Waals surface area contributed by atoms with E-state index in [0.29, 0.717) is 6.42 Å². The molecule has 2 saturated heterocycles. The van der Waals surface area contributed by atoms with Crippen LogP contribution in [0.15, 0.2) is 24.3 Å². The van der Waals surface area contributed by atoms with Crippen molar-refractivity contribution in [3.63, 3.8) is 0 Å². The molecule has 0 aromatic heterocycles. The van der Waals surface area contributed by atoms with Gasteiger partial charge in [-0.3, -0.25) is 14.5 Å². The van der Waals surface area contributed by atoms with Crippen molar-refractivity contribution < 1.29 is 22.4 Å². The molecule has 2 heterocycles. The molecular weight excluding hydrogens is 343 g/mol. The Labute approximate surface area is 137 Å². The summed E-state index contributed by atoms with van der Waals surface area (Å²) in [7, 11) is -3.70. The van der Waals surface area contributed by atoms with Crippen molar-refractivity contribution in [1.29, 1.82) is 0 Å². The highest BCUT2D eigenvalue weighted by atomic mass is 32.2. The van der Waals surface area contributed by atoms with Gasteiger partial charge in [0.1, 0.15) is 5.82 Å². The first-order valence-electron chi connectivity index (χ1n) is 7.08. The molecule has 2 aliphatic rings. The molecule has 2 amide bonds. The van der Waals surface area contributed by atoms with E-state index >= 15 is 0 Å². The lowest BCUT2D eigenvalue weighted by atomic mass is 10.2. The van der Waals surface area contributed by atoms with Crippen LogP contribution in [0, 0.1) is 5.82 Å². The minimum absolute atomic E-state index is 0.0782. The third-order valence-electron chi connectivity index (χ3n) is 3.96. The molecule has 1 aromatic rings. The van der Waals surface area contributed by atoms with Crippen molar-refractivity contribution in [3.05, 3.63) is 35.6 Å². The van der Waals surface area contributed by atoms with Gasteiger partial charge in [-0.1, -0.05) is 30.0 Å². The second-order valence-corrected chi connectivity index (χ2v) is 8.36. The minimum Gasteiger partial charge on any atom is -0.273 e. The van der Waals surface area contributed by atoms with Crippen LogP contribution in [0.3, 0.4) is 0 Å². The van der Waals surface area contributed by atoms with Crippen LogP contribution >= 0.6 is 11.8 Å². The molecule has 0 saturated carbocycles. The largest absolute Gasteiger partial charge is 0.289 e. The van der Waals surface area contributed by atoms with Gasteiger partial charge >= 0.3 is 0 Å². The van der Waals surface area contributed by atoms with Gasteiger partial charge in [0.25, 0.3) is 5.24 Å². The summed E-state index contributed by atoms with van der Waals surface area (Å²) < 4.78 is 39.8. The van der Waals surface area contributed by atoms with Crippen molar-refractivity contribution in [3.8, 4) is 0 Å². The molecule has 3 rings (SSSR count). The molecule has 1 atom stereocenters. The van der Waals surface area contributed by atoms with E-state index in [1.807, 2.05) is 0 Å². The number of hydrogen-bond donors (Lipinski definition) is 0. The number of amides is 2. The van der Waals surface area contributed by atoms with Gasteiger partial charge in [-0.25, -0.2) is 12.8 Å². The lowest BCUT2D eigenvalue weighted by Crippen LogP contribution is -2.41. The van der Waals surface area contributed by atoms with Crippen LogP contribution in [0.2, 0.25) is 0 Å². The Balaban J connectivity index is 1.72. The molecule has 1 aromatic carbocycles. The van der Waals surface area contributed by atoms with Crippen molar-refractivity contribution in [2.24, 2.45) is 0 Å². The van der Waals surface area contributed by atoms with E-state index in [2.05, 4.69) is 0 Å². The molecule has 0 spiro atoms. The van der Waals surface area contributed by atoms with Crippen molar-refractivity contribution in [1.82, 2.24) is 9.21 Å². The first-order chi connectivity index (χ1) is 10.9. The fourth-order valence-electron chi connectivity index (χ4n) is 2.79. The fourth-order valence-corrected chi connectivity index (χ4v) is 5.16. The Morgan fingerprint density at radius 2 is 2.00 bits per heavy atom. The minimum atomic E-state index is -3.70. The summed E-state index contributed by atoms with van der Waals surface area (Å²) in [4.78, 5) is 24.6. The van der Waals surface area contributed by atoms with Gasteiger partial charge in [0.2, 0.25) is 15.9 Å². The number of carbonyl (C=O) groups excluding carboxylic acids is 2. The van der Waals surface area contributed by atoms with Gasteiger partial charge in [0.15, 0.2) is 0 Å². The van der Waals surface area contributed by atoms with Crippen LogP contribution in [-0.2, 0) is 20.6 Å². The van der Waals surface area contributed by atoms with E-state index in [1.165, 1.54) is 22.5 Å². The summed E-state index contributed by atoms with van der Waals surface area (Å²) in [5, 5.41) is -0.326. The molecule has 1 unspecified atom stereocenters. The molecule has 0 aliphatic carbocycles. The molecule has 9 heteroatoms. The van der Waals surface area contributed by atoms with Crippen LogP contribution in [0.4, 0.5) is 9.18 Å². The van der Waals surface area contributed by atoms with Crippen molar-refractivity contribution in [2.75, 3.05) is 18.8 Å². The van der Waals surface area contributed by atoms with E-state index in [-0.39, 0.29) is 35.6 Å². The van der Waals surface area contributed by atoms with Crippen LogP contribution < -0.4 is 0 Å². The Morgan fingerprint density at radius 3 is 2.65 bits per heavy atom. The third kappa shape index (κ3) is 3.26. The van der Waals surface area contributed by atoms with Crippen LogP contribution in [-0.4, -0.2) is 53.7 Å². The maximum atomic E-state index is 13.6. The molecule has 124 valence electrons. The quantitative estimate of drug-likeness (QED) is 0.814. The Morgan fingerprint density at radius 1 is 1.26 bits per heavy atom. The van der Waals surface area contributed by atoms with E-state index in [0.717, 1.165) is 16.7 Å². The Hall–Kier alpha value is -1.45. The predicted molar refractivity (Wildman–Crippen MR) is 83.7 cm³/mol. The van der Waals surface area contributed by atoms with Gasteiger partial charge < -0.3 is 0 Å². The van der Waals surface area contributed by atoms with Gasteiger partial charge in [0.05, 0.1) is 17.5 Å². The van der Waals surface area contributed by atoms with E-state index < -0.39 is 27.6 Å².